The van der Waals surface area contributed by atoms with Crippen molar-refractivity contribution < 1.29 is 4.74 Å². The van der Waals surface area contributed by atoms with Gasteiger partial charge in [-0.3, -0.25) is 0 Å². The molecule has 0 aliphatic heterocycles. The van der Waals surface area contributed by atoms with Gasteiger partial charge in [0.05, 0.1) is 29.2 Å². The first-order chi connectivity index (χ1) is 9.66. The monoisotopic (exact) mass is 274 g/mol. The molecular weight excluding hydrogens is 252 g/mol. The van der Waals surface area contributed by atoms with Crippen LogP contribution in [0.5, 0.6) is 0 Å². The highest BCUT2D eigenvalue weighted by Gasteiger charge is 2.35. The average molecular weight is 274 g/mol. The van der Waals surface area contributed by atoms with Crippen LogP contribution in [0.4, 0.5) is 0 Å². The van der Waals surface area contributed by atoms with Crippen LogP contribution in [-0.2, 0) is 4.74 Å². The molecule has 0 aliphatic rings. The van der Waals surface area contributed by atoms with E-state index in [9.17, 15) is 0 Å². The zero-order valence-electron chi connectivity index (χ0n) is 12.5. The van der Waals surface area contributed by atoms with Gasteiger partial charge in [0.2, 0.25) is 0 Å². The van der Waals surface area contributed by atoms with Gasteiger partial charge in [0.15, 0.2) is 0 Å². The molecule has 0 radical (unpaired) electrons. The van der Waals surface area contributed by atoms with Gasteiger partial charge in [-0.15, -0.1) is 5.10 Å². The van der Waals surface area contributed by atoms with E-state index in [-0.39, 0.29) is 11.6 Å². The predicted molar refractivity (Wildman–Crippen MR) is 78.9 cm³/mol. The molecule has 1 N–H and O–H groups in total. The summed E-state index contributed by atoms with van der Waals surface area (Å²) in [6.45, 7) is 4.21. The molecule has 2 unspecified atom stereocenters. The third kappa shape index (κ3) is 2.59. The molecule has 2 aromatic rings. The summed E-state index contributed by atoms with van der Waals surface area (Å²) in [5.74, 6) is 0. The number of methoxy groups -OCH3 is 1. The fourth-order valence-electron chi connectivity index (χ4n) is 2.44. The molecular formula is C15H22N4O. The summed E-state index contributed by atoms with van der Waals surface area (Å²) in [6, 6.07) is 10.0. The summed E-state index contributed by atoms with van der Waals surface area (Å²) in [5.41, 5.74) is 1.67. The number of benzene rings is 1. The molecule has 5 heteroatoms. The van der Waals surface area contributed by atoms with Crippen LogP contribution in [0.1, 0.15) is 32.0 Å². The molecule has 1 aromatic heterocycles. The maximum Gasteiger partial charge on any atom is 0.0857 e. The van der Waals surface area contributed by atoms with Gasteiger partial charge in [0, 0.05) is 7.11 Å². The standard InChI is InChI=1S/C15H22N4O/c1-5-15(2,20-4)14(16-3)13-11-17-18-19(13)12-9-7-6-8-10-12/h6-11,14,16H,5H2,1-4H3. The van der Waals surface area contributed by atoms with E-state index >= 15 is 0 Å². The first kappa shape index (κ1) is 14.7. The van der Waals surface area contributed by atoms with Gasteiger partial charge >= 0.3 is 0 Å². The van der Waals surface area contributed by atoms with Crippen LogP contribution in [0.15, 0.2) is 36.5 Å². The van der Waals surface area contributed by atoms with Crippen molar-refractivity contribution in [1.82, 2.24) is 20.3 Å². The molecule has 108 valence electrons. The van der Waals surface area contributed by atoms with Crippen molar-refractivity contribution in [3.05, 3.63) is 42.2 Å². The molecule has 2 rings (SSSR count). The topological polar surface area (TPSA) is 52.0 Å². The molecule has 0 aliphatic carbocycles. The van der Waals surface area contributed by atoms with Crippen LogP contribution in [0.3, 0.4) is 0 Å². The van der Waals surface area contributed by atoms with Crippen LogP contribution in [0, 0.1) is 0 Å². The molecule has 0 saturated carbocycles. The second kappa shape index (κ2) is 6.15. The van der Waals surface area contributed by atoms with Crippen molar-refractivity contribution in [2.45, 2.75) is 31.9 Å². The molecule has 5 nitrogen and oxygen atoms in total. The van der Waals surface area contributed by atoms with Gasteiger partial charge in [-0.05, 0) is 32.5 Å². The zero-order valence-corrected chi connectivity index (χ0v) is 12.5. The second-order valence-corrected chi connectivity index (χ2v) is 5.00. The Labute approximate surface area is 120 Å². The summed E-state index contributed by atoms with van der Waals surface area (Å²) in [6.07, 6.45) is 2.68. The highest BCUT2D eigenvalue weighted by molar-refractivity contribution is 5.32. The number of para-hydroxylation sites is 1. The lowest BCUT2D eigenvalue weighted by Gasteiger charge is -2.35. The lowest BCUT2D eigenvalue weighted by Crippen LogP contribution is -2.42. The number of nitrogens with one attached hydrogen (secondary N) is 1. The average Bonchev–Trinajstić information content (AvgIpc) is 2.97. The molecule has 1 heterocycles. The number of aromatic nitrogens is 3. The fourth-order valence-corrected chi connectivity index (χ4v) is 2.44. The molecule has 1 aromatic carbocycles. The van der Waals surface area contributed by atoms with E-state index in [2.05, 4.69) is 29.5 Å². The zero-order chi connectivity index (χ0) is 14.6. The smallest absolute Gasteiger partial charge is 0.0857 e. The third-order valence-electron chi connectivity index (χ3n) is 3.94. The molecule has 0 amide bonds. The Hall–Kier alpha value is -1.72. The molecule has 0 spiro atoms. The van der Waals surface area contributed by atoms with Crippen LogP contribution < -0.4 is 5.32 Å². The van der Waals surface area contributed by atoms with Crippen LogP contribution in [0.2, 0.25) is 0 Å². The van der Waals surface area contributed by atoms with Gasteiger partial charge in [-0.25, -0.2) is 4.68 Å². The summed E-state index contributed by atoms with van der Waals surface area (Å²) in [7, 11) is 3.67. The Balaban J connectivity index is 2.45. The van der Waals surface area contributed by atoms with Gasteiger partial charge in [0.25, 0.3) is 0 Å². The summed E-state index contributed by atoms with van der Waals surface area (Å²) in [4.78, 5) is 0. The quantitative estimate of drug-likeness (QED) is 0.878. The van der Waals surface area contributed by atoms with Crippen molar-refractivity contribution in [2.24, 2.45) is 0 Å². The van der Waals surface area contributed by atoms with Crippen molar-refractivity contribution in [1.29, 1.82) is 0 Å². The van der Waals surface area contributed by atoms with Gasteiger partial charge in [-0.1, -0.05) is 30.3 Å². The predicted octanol–water partition coefficient (Wildman–Crippen LogP) is 2.34. The first-order valence-electron chi connectivity index (χ1n) is 6.84. The Bertz CT molecular complexity index is 534. The number of ether oxygens (including phenoxy) is 1. The highest BCUT2D eigenvalue weighted by Crippen LogP contribution is 2.31. The van der Waals surface area contributed by atoms with Gasteiger partial charge in [-0.2, -0.15) is 0 Å². The van der Waals surface area contributed by atoms with Gasteiger partial charge < -0.3 is 10.1 Å². The highest BCUT2D eigenvalue weighted by atomic mass is 16.5. The maximum absolute atomic E-state index is 5.72. The number of rotatable bonds is 6. The minimum absolute atomic E-state index is 0.00714. The fraction of sp³-hybridized carbons (Fsp3) is 0.467. The number of nitrogens with zero attached hydrogens (tertiary/aromatic N) is 3. The Morgan fingerprint density at radius 1 is 1.35 bits per heavy atom. The number of hydrogen-bond donors (Lipinski definition) is 1. The van der Waals surface area contributed by atoms with E-state index in [1.165, 1.54) is 0 Å². The maximum atomic E-state index is 5.72. The van der Waals surface area contributed by atoms with E-state index in [1.54, 1.807) is 13.3 Å². The van der Waals surface area contributed by atoms with Crippen LogP contribution >= 0.6 is 0 Å². The summed E-state index contributed by atoms with van der Waals surface area (Å²) >= 11 is 0. The first-order valence-corrected chi connectivity index (χ1v) is 6.84. The van der Waals surface area contributed by atoms with E-state index in [1.807, 2.05) is 42.1 Å². The Kier molecular flexibility index (Phi) is 4.52. The summed E-state index contributed by atoms with van der Waals surface area (Å²) < 4.78 is 7.58. The lowest BCUT2D eigenvalue weighted by atomic mass is 9.91. The Morgan fingerprint density at radius 3 is 2.60 bits per heavy atom. The normalized spacial score (nSPS) is 15.8. The minimum Gasteiger partial charge on any atom is -0.376 e. The lowest BCUT2D eigenvalue weighted by molar-refractivity contribution is -0.0297. The minimum atomic E-state index is -0.316. The number of likely N-dealkylation sites (N-methyl/N-ethyl adjacent to an activating group) is 1. The molecule has 0 bridgehead atoms. The largest absolute Gasteiger partial charge is 0.376 e. The molecule has 20 heavy (non-hydrogen) atoms. The van der Waals surface area contributed by atoms with Gasteiger partial charge in [0.1, 0.15) is 0 Å². The van der Waals surface area contributed by atoms with Crippen molar-refractivity contribution in [3.63, 3.8) is 0 Å². The molecule has 0 fully saturated rings. The van der Waals surface area contributed by atoms with Crippen LogP contribution in [0.25, 0.3) is 5.69 Å². The summed E-state index contributed by atoms with van der Waals surface area (Å²) in [5, 5.41) is 11.6. The molecule has 2 atom stereocenters. The Morgan fingerprint density at radius 2 is 2.05 bits per heavy atom. The van der Waals surface area contributed by atoms with E-state index in [4.69, 9.17) is 4.74 Å². The van der Waals surface area contributed by atoms with Crippen molar-refractivity contribution >= 4 is 0 Å². The second-order valence-electron chi connectivity index (χ2n) is 5.00. The van der Waals surface area contributed by atoms with E-state index in [0.29, 0.717) is 0 Å². The van der Waals surface area contributed by atoms with Crippen molar-refractivity contribution in [3.8, 4) is 5.69 Å². The third-order valence-corrected chi connectivity index (χ3v) is 3.94. The van der Waals surface area contributed by atoms with E-state index in [0.717, 1.165) is 17.8 Å². The van der Waals surface area contributed by atoms with E-state index < -0.39 is 0 Å². The van der Waals surface area contributed by atoms with Crippen molar-refractivity contribution in [2.75, 3.05) is 14.2 Å². The number of hydrogen-bond acceptors (Lipinski definition) is 4. The SMILES string of the molecule is CCC(C)(OC)C(NC)c1cnnn1-c1ccccc1. The molecule has 0 saturated heterocycles. The van der Waals surface area contributed by atoms with Crippen LogP contribution in [-0.4, -0.2) is 34.8 Å².